The van der Waals surface area contributed by atoms with Gasteiger partial charge in [0.05, 0.1) is 16.8 Å². The highest BCUT2D eigenvalue weighted by Crippen LogP contribution is 2.20. The maximum absolute atomic E-state index is 9.03. The first-order chi connectivity index (χ1) is 6.20. The van der Waals surface area contributed by atoms with Crippen LogP contribution in [-0.2, 0) is 0 Å². The number of para-hydroxylation sites is 1. The van der Waals surface area contributed by atoms with Gasteiger partial charge in [0.2, 0.25) is 0 Å². The van der Waals surface area contributed by atoms with Gasteiger partial charge in [-0.1, -0.05) is 23.7 Å². The fraction of sp³-hybridized carbons (Fsp3) is 0.400. The van der Waals surface area contributed by atoms with E-state index < -0.39 is 0 Å². The van der Waals surface area contributed by atoms with Gasteiger partial charge in [0.15, 0.2) is 0 Å². The second kappa shape index (κ2) is 5.10. The summed E-state index contributed by atoms with van der Waals surface area (Å²) >= 11 is 5.91. The van der Waals surface area contributed by atoms with E-state index >= 15 is 0 Å². The lowest BCUT2D eigenvalue weighted by Crippen LogP contribution is -2.09. The molecule has 0 radical (unpaired) electrons. The summed E-state index contributed by atoms with van der Waals surface area (Å²) in [4.78, 5) is 0. The highest BCUT2D eigenvalue weighted by molar-refractivity contribution is 6.33. The molecule has 0 aromatic heterocycles. The van der Waals surface area contributed by atoms with Gasteiger partial charge < -0.3 is 10.4 Å². The molecule has 13 heavy (non-hydrogen) atoms. The van der Waals surface area contributed by atoms with Gasteiger partial charge in [-0.05, 0) is 25.5 Å². The summed E-state index contributed by atoms with van der Waals surface area (Å²) in [7, 11) is 0. The Hall–Kier alpha value is -0.730. The van der Waals surface area contributed by atoms with Crippen LogP contribution in [0, 0.1) is 0 Å². The van der Waals surface area contributed by atoms with Crippen molar-refractivity contribution in [1.29, 1.82) is 0 Å². The standard InChI is InChI=1S/C10H14ClNO/c1-8(13)6-7-12-10-5-3-2-4-9(10)11/h2-5,8,12-13H,6-7H2,1H3. The molecule has 1 rings (SSSR count). The number of aliphatic hydroxyl groups is 1. The summed E-state index contributed by atoms with van der Waals surface area (Å²) in [5, 5.41) is 12.9. The average molecular weight is 200 g/mol. The maximum Gasteiger partial charge on any atom is 0.0637 e. The van der Waals surface area contributed by atoms with Crippen LogP contribution in [0.25, 0.3) is 0 Å². The summed E-state index contributed by atoms with van der Waals surface area (Å²) in [6, 6.07) is 7.58. The lowest BCUT2D eigenvalue weighted by molar-refractivity contribution is 0.189. The fourth-order valence-electron chi connectivity index (χ4n) is 1.02. The van der Waals surface area contributed by atoms with Crippen molar-refractivity contribution in [1.82, 2.24) is 0 Å². The van der Waals surface area contributed by atoms with Crippen molar-refractivity contribution in [2.45, 2.75) is 19.4 Å². The normalized spacial score (nSPS) is 12.5. The molecule has 0 heterocycles. The molecule has 0 bridgehead atoms. The number of anilines is 1. The molecule has 0 saturated carbocycles. The van der Waals surface area contributed by atoms with E-state index in [1.165, 1.54) is 0 Å². The van der Waals surface area contributed by atoms with Crippen LogP contribution in [0.5, 0.6) is 0 Å². The molecule has 1 aromatic rings. The molecule has 0 spiro atoms. The summed E-state index contributed by atoms with van der Waals surface area (Å²) in [6.07, 6.45) is 0.459. The van der Waals surface area contributed by atoms with Gasteiger partial charge in [0.1, 0.15) is 0 Å². The third kappa shape index (κ3) is 3.66. The minimum absolute atomic E-state index is 0.269. The number of hydrogen-bond donors (Lipinski definition) is 2. The molecule has 3 heteroatoms. The summed E-state index contributed by atoms with van der Waals surface area (Å²) < 4.78 is 0. The summed E-state index contributed by atoms with van der Waals surface area (Å²) in [6.45, 7) is 2.51. The molecule has 0 amide bonds. The van der Waals surface area contributed by atoms with Gasteiger partial charge in [-0.2, -0.15) is 0 Å². The zero-order chi connectivity index (χ0) is 9.68. The van der Waals surface area contributed by atoms with E-state index in [4.69, 9.17) is 16.7 Å². The quantitative estimate of drug-likeness (QED) is 0.781. The van der Waals surface area contributed by atoms with E-state index in [2.05, 4.69) is 5.32 Å². The predicted octanol–water partition coefficient (Wildman–Crippen LogP) is 2.52. The maximum atomic E-state index is 9.03. The van der Waals surface area contributed by atoms with Crippen LogP contribution in [0.15, 0.2) is 24.3 Å². The average Bonchev–Trinajstić information content (AvgIpc) is 2.08. The molecule has 0 aliphatic rings. The summed E-state index contributed by atoms with van der Waals surface area (Å²) in [5.74, 6) is 0. The van der Waals surface area contributed by atoms with E-state index in [1.54, 1.807) is 6.92 Å². The third-order valence-corrected chi connectivity index (χ3v) is 2.08. The number of benzene rings is 1. The van der Waals surface area contributed by atoms with Crippen molar-refractivity contribution in [3.63, 3.8) is 0 Å². The van der Waals surface area contributed by atoms with Crippen molar-refractivity contribution in [2.24, 2.45) is 0 Å². The minimum atomic E-state index is -0.269. The zero-order valence-electron chi connectivity index (χ0n) is 7.63. The molecule has 0 fully saturated rings. The van der Waals surface area contributed by atoms with Crippen molar-refractivity contribution in [2.75, 3.05) is 11.9 Å². The van der Waals surface area contributed by atoms with Crippen LogP contribution >= 0.6 is 11.6 Å². The Balaban J connectivity index is 2.41. The number of hydrogen-bond acceptors (Lipinski definition) is 2. The van der Waals surface area contributed by atoms with Crippen LogP contribution in [-0.4, -0.2) is 17.8 Å². The van der Waals surface area contributed by atoms with Crippen molar-refractivity contribution in [3.8, 4) is 0 Å². The molecule has 2 nitrogen and oxygen atoms in total. The van der Waals surface area contributed by atoms with Gasteiger partial charge in [-0.3, -0.25) is 0 Å². The minimum Gasteiger partial charge on any atom is -0.393 e. The largest absolute Gasteiger partial charge is 0.393 e. The molecule has 1 unspecified atom stereocenters. The number of rotatable bonds is 4. The Morgan fingerprint density at radius 1 is 1.46 bits per heavy atom. The van der Waals surface area contributed by atoms with Gasteiger partial charge >= 0.3 is 0 Å². The van der Waals surface area contributed by atoms with Gasteiger partial charge in [0.25, 0.3) is 0 Å². The smallest absolute Gasteiger partial charge is 0.0637 e. The number of halogens is 1. The molecule has 72 valence electrons. The Labute approximate surface area is 83.5 Å². The van der Waals surface area contributed by atoms with Crippen molar-refractivity contribution >= 4 is 17.3 Å². The van der Waals surface area contributed by atoms with E-state index in [1.807, 2.05) is 24.3 Å². The topological polar surface area (TPSA) is 32.3 Å². The first-order valence-electron chi connectivity index (χ1n) is 4.36. The zero-order valence-corrected chi connectivity index (χ0v) is 8.38. The van der Waals surface area contributed by atoms with Gasteiger partial charge in [-0.25, -0.2) is 0 Å². The van der Waals surface area contributed by atoms with E-state index in [-0.39, 0.29) is 6.10 Å². The lowest BCUT2D eigenvalue weighted by atomic mass is 10.2. The van der Waals surface area contributed by atoms with E-state index in [0.29, 0.717) is 5.02 Å². The molecule has 1 atom stereocenters. The highest BCUT2D eigenvalue weighted by atomic mass is 35.5. The molecule has 2 N–H and O–H groups in total. The van der Waals surface area contributed by atoms with Crippen molar-refractivity contribution in [3.05, 3.63) is 29.3 Å². The highest BCUT2D eigenvalue weighted by Gasteiger charge is 1.98. The fourth-order valence-corrected chi connectivity index (χ4v) is 1.22. The second-order valence-electron chi connectivity index (χ2n) is 3.04. The van der Waals surface area contributed by atoms with Crippen LogP contribution in [0.3, 0.4) is 0 Å². The van der Waals surface area contributed by atoms with Crippen LogP contribution in [0.1, 0.15) is 13.3 Å². The van der Waals surface area contributed by atoms with Gasteiger partial charge in [-0.15, -0.1) is 0 Å². The molecule has 0 aliphatic carbocycles. The molecular formula is C10H14ClNO. The van der Waals surface area contributed by atoms with Crippen molar-refractivity contribution < 1.29 is 5.11 Å². The van der Waals surface area contributed by atoms with E-state index in [0.717, 1.165) is 18.7 Å². The lowest BCUT2D eigenvalue weighted by Gasteiger charge is -2.08. The second-order valence-corrected chi connectivity index (χ2v) is 3.45. The van der Waals surface area contributed by atoms with Gasteiger partial charge in [0, 0.05) is 6.54 Å². The Morgan fingerprint density at radius 3 is 2.77 bits per heavy atom. The van der Waals surface area contributed by atoms with E-state index in [9.17, 15) is 0 Å². The van der Waals surface area contributed by atoms with Crippen LogP contribution in [0.2, 0.25) is 5.02 Å². The number of nitrogens with one attached hydrogen (secondary N) is 1. The Kier molecular flexibility index (Phi) is 4.06. The molecule has 0 aliphatic heterocycles. The predicted molar refractivity (Wildman–Crippen MR) is 56.2 cm³/mol. The first kappa shape index (κ1) is 10.4. The number of aliphatic hydroxyl groups excluding tert-OH is 1. The first-order valence-corrected chi connectivity index (χ1v) is 4.74. The molecule has 1 aromatic carbocycles. The Bertz CT molecular complexity index is 263. The molecule has 0 saturated heterocycles. The van der Waals surface area contributed by atoms with Crippen LogP contribution in [0.4, 0.5) is 5.69 Å². The Morgan fingerprint density at radius 2 is 2.15 bits per heavy atom. The third-order valence-electron chi connectivity index (χ3n) is 1.75. The SMILES string of the molecule is CC(O)CCNc1ccccc1Cl. The molecular weight excluding hydrogens is 186 g/mol. The van der Waals surface area contributed by atoms with Crippen LogP contribution < -0.4 is 5.32 Å². The monoisotopic (exact) mass is 199 g/mol. The summed E-state index contributed by atoms with van der Waals surface area (Å²) in [5.41, 5.74) is 0.921.